The second-order valence-electron chi connectivity index (χ2n) is 9.10. The largest absolute Gasteiger partial charge is 0.351 e. The van der Waals surface area contributed by atoms with E-state index < -0.39 is 0 Å². The van der Waals surface area contributed by atoms with Crippen LogP contribution in [0, 0.1) is 11.8 Å². The predicted octanol–water partition coefficient (Wildman–Crippen LogP) is 4.34. The molecule has 172 valence electrons. The normalized spacial score (nSPS) is 15.5. The molecule has 0 unspecified atom stereocenters. The van der Waals surface area contributed by atoms with E-state index in [9.17, 15) is 9.59 Å². The molecule has 0 aliphatic heterocycles. The van der Waals surface area contributed by atoms with Gasteiger partial charge < -0.3 is 5.32 Å². The lowest BCUT2D eigenvalue weighted by atomic mass is 9.83. The molecule has 1 saturated carbocycles. The summed E-state index contributed by atoms with van der Waals surface area (Å²) in [5, 5.41) is 5.04. The van der Waals surface area contributed by atoms with Gasteiger partial charge in [0.15, 0.2) is 0 Å². The van der Waals surface area contributed by atoms with Crippen molar-refractivity contribution in [2.24, 2.45) is 11.8 Å². The summed E-state index contributed by atoms with van der Waals surface area (Å²) in [4.78, 5) is 30.5. The Hall–Kier alpha value is -2.73. The van der Waals surface area contributed by atoms with Crippen molar-refractivity contribution >= 4 is 11.8 Å². The first-order valence-corrected chi connectivity index (χ1v) is 11.8. The summed E-state index contributed by atoms with van der Waals surface area (Å²) in [5.74, 6) is 0.478. The van der Waals surface area contributed by atoms with E-state index in [-0.39, 0.29) is 23.8 Å². The maximum Gasteiger partial charge on any atom is 0.265 e. The highest BCUT2D eigenvalue weighted by atomic mass is 16.2. The van der Waals surface area contributed by atoms with E-state index in [1.807, 2.05) is 35.3 Å². The van der Waals surface area contributed by atoms with Gasteiger partial charge in [0.05, 0.1) is 0 Å². The molecular formula is C26H36N4O2. The third kappa shape index (κ3) is 7.16. The Morgan fingerprint density at radius 2 is 1.72 bits per heavy atom. The summed E-state index contributed by atoms with van der Waals surface area (Å²) in [6.07, 6.45) is 9.60. The molecule has 3 rings (SSSR count). The number of hydrogen-bond acceptors (Lipinski definition) is 4. The number of amides is 2. The maximum absolute atomic E-state index is 13.5. The van der Waals surface area contributed by atoms with Crippen LogP contribution in [0.15, 0.2) is 54.9 Å². The standard InChI is InChI=1S/C26H36N4O2/c1-20(2)15-18-30(29-25(31)23-13-16-27-17-14-23)24(22-11-7-4-8-12-22)26(32)28-19-21-9-5-3-6-10-21/h3,5-6,9-10,13-14,16-17,20,22,24H,4,7-8,11-12,15,18-19H2,1-2H3,(H,28,32)(H,29,31)/t24-/m0/s1. The Bertz CT molecular complexity index is 835. The van der Waals surface area contributed by atoms with Crippen LogP contribution in [-0.2, 0) is 11.3 Å². The van der Waals surface area contributed by atoms with Crippen molar-refractivity contribution in [3.63, 3.8) is 0 Å². The zero-order valence-corrected chi connectivity index (χ0v) is 19.3. The fourth-order valence-corrected chi connectivity index (χ4v) is 4.31. The fraction of sp³-hybridized carbons (Fsp3) is 0.500. The van der Waals surface area contributed by atoms with Crippen LogP contribution in [-0.4, -0.2) is 34.4 Å². The van der Waals surface area contributed by atoms with Crippen LogP contribution in [0.3, 0.4) is 0 Å². The molecule has 0 spiro atoms. The first-order valence-electron chi connectivity index (χ1n) is 11.8. The number of carbonyl (C=O) groups is 2. The van der Waals surface area contributed by atoms with E-state index in [4.69, 9.17) is 0 Å². The smallest absolute Gasteiger partial charge is 0.265 e. The Morgan fingerprint density at radius 1 is 1.03 bits per heavy atom. The topological polar surface area (TPSA) is 74.3 Å². The lowest BCUT2D eigenvalue weighted by Gasteiger charge is -2.38. The van der Waals surface area contributed by atoms with E-state index in [1.165, 1.54) is 6.42 Å². The number of nitrogens with zero attached hydrogens (tertiary/aromatic N) is 2. The molecule has 1 aromatic heterocycles. The van der Waals surface area contributed by atoms with Crippen molar-refractivity contribution in [3.8, 4) is 0 Å². The van der Waals surface area contributed by atoms with Gasteiger partial charge in [-0.15, -0.1) is 0 Å². The van der Waals surface area contributed by atoms with Crippen LogP contribution in [0.1, 0.15) is 68.3 Å². The number of carbonyl (C=O) groups excluding carboxylic acids is 2. The fourth-order valence-electron chi connectivity index (χ4n) is 4.31. The first-order chi connectivity index (χ1) is 15.5. The van der Waals surface area contributed by atoms with Gasteiger partial charge in [-0.05, 0) is 48.8 Å². The molecule has 32 heavy (non-hydrogen) atoms. The third-order valence-electron chi connectivity index (χ3n) is 6.15. The average molecular weight is 437 g/mol. The van der Waals surface area contributed by atoms with E-state index in [1.54, 1.807) is 24.5 Å². The highest BCUT2D eigenvalue weighted by molar-refractivity contribution is 5.94. The van der Waals surface area contributed by atoms with Gasteiger partial charge >= 0.3 is 0 Å². The van der Waals surface area contributed by atoms with Gasteiger partial charge in [-0.25, -0.2) is 5.01 Å². The molecule has 2 aromatic rings. The molecule has 0 bridgehead atoms. The first kappa shape index (κ1) is 23.9. The third-order valence-corrected chi connectivity index (χ3v) is 6.15. The van der Waals surface area contributed by atoms with Crippen LogP contribution < -0.4 is 10.7 Å². The number of pyridine rings is 1. The van der Waals surface area contributed by atoms with E-state index >= 15 is 0 Å². The highest BCUT2D eigenvalue weighted by Gasteiger charge is 2.35. The minimum atomic E-state index is -0.386. The van der Waals surface area contributed by atoms with Crippen molar-refractivity contribution in [3.05, 3.63) is 66.0 Å². The molecule has 0 radical (unpaired) electrons. The summed E-state index contributed by atoms with van der Waals surface area (Å²) in [7, 11) is 0. The van der Waals surface area contributed by atoms with Gasteiger partial charge in [0.2, 0.25) is 5.91 Å². The van der Waals surface area contributed by atoms with Crippen molar-refractivity contribution in [1.82, 2.24) is 20.7 Å². The molecule has 1 aliphatic rings. The van der Waals surface area contributed by atoms with Crippen molar-refractivity contribution in [1.29, 1.82) is 0 Å². The monoisotopic (exact) mass is 436 g/mol. The second-order valence-corrected chi connectivity index (χ2v) is 9.10. The van der Waals surface area contributed by atoms with Crippen molar-refractivity contribution < 1.29 is 9.59 Å². The van der Waals surface area contributed by atoms with E-state index in [2.05, 4.69) is 29.6 Å². The van der Waals surface area contributed by atoms with E-state index in [0.717, 1.165) is 37.7 Å². The Labute approximate surface area is 191 Å². The Kier molecular flexibility index (Phi) is 9.23. The van der Waals surface area contributed by atoms with Crippen LogP contribution in [0.25, 0.3) is 0 Å². The van der Waals surface area contributed by atoms with Crippen molar-refractivity contribution in [2.75, 3.05) is 6.54 Å². The Morgan fingerprint density at radius 3 is 2.38 bits per heavy atom. The molecule has 2 amide bonds. The van der Waals surface area contributed by atoms with Gasteiger partial charge in [0.1, 0.15) is 6.04 Å². The average Bonchev–Trinajstić information content (AvgIpc) is 2.83. The Balaban J connectivity index is 1.80. The molecule has 1 aromatic carbocycles. The minimum absolute atomic E-state index is 0.0143. The van der Waals surface area contributed by atoms with Crippen LogP contribution >= 0.6 is 0 Å². The summed E-state index contributed by atoms with van der Waals surface area (Å²) in [5.41, 5.74) is 4.68. The number of rotatable bonds is 10. The van der Waals surface area contributed by atoms with Gasteiger partial charge in [-0.3, -0.25) is 20.0 Å². The SMILES string of the molecule is CC(C)CCN(NC(=O)c1ccncc1)[C@H](C(=O)NCc1ccccc1)C1CCCCC1. The molecule has 1 atom stereocenters. The van der Waals surface area contributed by atoms with Crippen LogP contribution in [0.5, 0.6) is 0 Å². The molecule has 6 heteroatoms. The number of aromatic nitrogens is 1. The lowest BCUT2D eigenvalue weighted by molar-refractivity contribution is -0.130. The van der Waals surface area contributed by atoms with Gasteiger partial charge in [0, 0.05) is 31.0 Å². The zero-order valence-electron chi connectivity index (χ0n) is 19.3. The number of hydrazine groups is 1. The molecule has 1 fully saturated rings. The molecular weight excluding hydrogens is 400 g/mol. The zero-order chi connectivity index (χ0) is 22.8. The molecule has 1 heterocycles. The maximum atomic E-state index is 13.5. The quantitative estimate of drug-likeness (QED) is 0.544. The molecule has 2 N–H and O–H groups in total. The molecule has 6 nitrogen and oxygen atoms in total. The van der Waals surface area contributed by atoms with Crippen LogP contribution in [0.4, 0.5) is 0 Å². The number of hydrogen-bond donors (Lipinski definition) is 2. The second kappa shape index (κ2) is 12.3. The number of benzene rings is 1. The summed E-state index contributed by atoms with van der Waals surface area (Å²) >= 11 is 0. The van der Waals surface area contributed by atoms with Gasteiger partial charge in [0.25, 0.3) is 5.91 Å². The summed E-state index contributed by atoms with van der Waals surface area (Å²) in [6, 6.07) is 13.0. The van der Waals surface area contributed by atoms with Crippen molar-refractivity contribution in [2.45, 2.75) is 65.0 Å². The summed E-state index contributed by atoms with van der Waals surface area (Å²) < 4.78 is 0. The lowest BCUT2D eigenvalue weighted by Crippen LogP contribution is -2.58. The number of nitrogens with one attached hydrogen (secondary N) is 2. The van der Waals surface area contributed by atoms with Crippen LogP contribution in [0.2, 0.25) is 0 Å². The molecule has 0 saturated heterocycles. The minimum Gasteiger partial charge on any atom is -0.351 e. The van der Waals surface area contributed by atoms with Gasteiger partial charge in [-0.1, -0.05) is 63.4 Å². The summed E-state index contributed by atoms with van der Waals surface area (Å²) in [6.45, 7) is 5.44. The van der Waals surface area contributed by atoms with Gasteiger partial charge in [-0.2, -0.15) is 0 Å². The highest BCUT2D eigenvalue weighted by Crippen LogP contribution is 2.29. The predicted molar refractivity (Wildman–Crippen MR) is 127 cm³/mol. The molecule has 1 aliphatic carbocycles. The van der Waals surface area contributed by atoms with E-state index in [0.29, 0.717) is 24.6 Å².